The minimum absolute atomic E-state index is 0.106. The van der Waals surface area contributed by atoms with Gasteiger partial charge in [0.15, 0.2) is 23.1 Å². The van der Waals surface area contributed by atoms with Gasteiger partial charge in [0.2, 0.25) is 5.91 Å². The highest BCUT2D eigenvalue weighted by Gasteiger charge is 2.68. The molecule has 11 nitrogen and oxygen atoms in total. The predicted molar refractivity (Wildman–Crippen MR) is 138 cm³/mol. The summed E-state index contributed by atoms with van der Waals surface area (Å²) in [6.45, 7) is 5.84. The number of benzene rings is 2. The van der Waals surface area contributed by atoms with Crippen molar-refractivity contribution in [2.45, 2.75) is 62.9 Å². The van der Waals surface area contributed by atoms with Gasteiger partial charge in [0.05, 0.1) is 23.4 Å². The first-order chi connectivity index (χ1) is 17.5. The van der Waals surface area contributed by atoms with Crippen molar-refractivity contribution >= 4 is 33.9 Å². The molecule has 0 spiro atoms. The number of phenols is 2. The summed E-state index contributed by atoms with van der Waals surface area (Å²) in [6, 6.07) is 1.85. The van der Waals surface area contributed by atoms with Gasteiger partial charge in [0.25, 0.3) is 0 Å². The van der Waals surface area contributed by atoms with E-state index in [1.165, 1.54) is 19.0 Å². The SMILES string of the molecule is CCCC(C)(C)c1ccc2c(N)c3c(c(O)c2c1O)C(O)[C@]1(O)C(=O)C(C(N)=O)C(=O)[C@@H](N(C)C)[C@@H]1[C@H]3O. The van der Waals surface area contributed by atoms with Crippen molar-refractivity contribution in [3.8, 4) is 11.5 Å². The number of phenolic OH excluding ortho intramolecular Hbond substituents is 2. The molecule has 0 saturated heterocycles. The first kappa shape index (κ1) is 27.8. The van der Waals surface area contributed by atoms with E-state index >= 15 is 0 Å². The van der Waals surface area contributed by atoms with Crippen LogP contribution in [-0.4, -0.2) is 73.6 Å². The molecule has 9 N–H and O–H groups in total. The summed E-state index contributed by atoms with van der Waals surface area (Å²) in [6.07, 6.45) is -2.51. The van der Waals surface area contributed by atoms with Gasteiger partial charge in [-0.15, -0.1) is 0 Å². The Bertz CT molecular complexity index is 1370. The van der Waals surface area contributed by atoms with Crippen molar-refractivity contribution in [3.05, 3.63) is 28.8 Å². The highest BCUT2D eigenvalue weighted by molar-refractivity contribution is 6.24. The minimum Gasteiger partial charge on any atom is -0.507 e. The summed E-state index contributed by atoms with van der Waals surface area (Å²) in [7, 11) is 2.90. The second-order valence-corrected chi connectivity index (χ2v) is 11.3. The van der Waals surface area contributed by atoms with Crippen LogP contribution in [0.15, 0.2) is 12.1 Å². The number of nitrogen functional groups attached to an aromatic ring is 1. The average Bonchev–Trinajstić information content (AvgIpc) is 2.80. The second-order valence-electron chi connectivity index (χ2n) is 11.3. The number of likely N-dealkylation sites (N-methyl/N-ethyl adjacent to an activating group) is 1. The van der Waals surface area contributed by atoms with Crippen LogP contribution in [-0.2, 0) is 19.8 Å². The van der Waals surface area contributed by atoms with E-state index in [9.17, 15) is 39.9 Å². The summed E-state index contributed by atoms with van der Waals surface area (Å²) < 4.78 is 0. The second kappa shape index (κ2) is 8.91. The van der Waals surface area contributed by atoms with Gasteiger partial charge < -0.3 is 37.0 Å². The van der Waals surface area contributed by atoms with Gasteiger partial charge in [-0.3, -0.25) is 19.3 Å². The fraction of sp³-hybridized carbons (Fsp3) is 0.519. The number of primary amides is 1. The lowest BCUT2D eigenvalue weighted by Gasteiger charge is -2.53. The number of carbonyl (C=O) groups is 3. The smallest absolute Gasteiger partial charge is 0.235 e. The fourth-order valence-corrected chi connectivity index (χ4v) is 6.60. The Kier molecular flexibility index (Phi) is 6.51. The van der Waals surface area contributed by atoms with Gasteiger partial charge in [-0.05, 0) is 25.9 Å². The molecule has 0 bridgehead atoms. The van der Waals surface area contributed by atoms with Crippen molar-refractivity contribution in [2.75, 3.05) is 19.8 Å². The molecular formula is C27H35N3O8. The summed E-state index contributed by atoms with van der Waals surface area (Å²) in [5, 5.41) is 57.5. The van der Waals surface area contributed by atoms with E-state index in [2.05, 4.69) is 0 Å². The van der Waals surface area contributed by atoms with Crippen molar-refractivity contribution in [3.63, 3.8) is 0 Å². The number of aromatic hydroxyl groups is 2. The Morgan fingerprint density at radius 2 is 1.71 bits per heavy atom. The van der Waals surface area contributed by atoms with Gasteiger partial charge in [0.1, 0.15) is 17.6 Å². The zero-order chi connectivity index (χ0) is 28.6. The third-order valence-corrected chi connectivity index (χ3v) is 8.39. The minimum atomic E-state index is -2.89. The Morgan fingerprint density at radius 3 is 2.24 bits per heavy atom. The quantitative estimate of drug-likeness (QED) is 0.162. The van der Waals surface area contributed by atoms with Gasteiger partial charge in [-0.25, -0.2) is 0 Å². The molecule has 2 aliphatic carbocycles. The maximum atomic E-state index is 13.4. The normalized spacial score (nSPS) is 29.4. The van der Waals surface area contributed by atoms with Crippen LogP contribution in [0.4, 0.5) is 5.69 Å². The van der Waals surface area contributed by atoms with Gasteiger partial charge in [0, 0.05) is 27.8 Å². The number of amides is 1. The molecule has 6 atom stereocenters. The van der Waals surface area contributed by atoms with E-state index in [0.717, 1.165) is 6.42 Å². The number of anilines is 1. The molecule has 2 aromatic rings. The summed E-state index contributed by atoms with van der Waals surface area (Å²) in [4.78, 5) is 40.1. The summed E-state index contributed by atoms with van der Waals surface area (Å²) in [5.74, 6) is -8.33. The molecule has 38 heavy (non-hydrogen) atoms. The number of rotatable bonds is 5. The monoisotopic (exact) mass is 529 g/mol. The van der Waals surface area contributed by atoms with Crippen LogP contribution in [0.25, 0.3) is 10.8 Å². The lowest BCUT2D eigenvalue weighted by atomic mass is 9.56. The molecule has 2 unspecified atom stereocenters. The van der Waals surface area contributed by atoms with Crippen LogP contribution in [0.3, 0.4) is 0 Å². The number of carbonyl (C=O) groups excluding carboxylic acids is 3. The lowest BCUT2D eigenvalue weighted by molar-refractivity contribution is -0.202. The largest absolute Gasteiger partial charge is 0.507 e. The van der Waals surface area contributed by atoms with Crippen molar-refractivity contribution in [2.24, 2.45) is 17.6 Å². The standard InChI is InChI=1S/C27H35N3O8/c1-6-9-26(2,3)11-8-7-10-12(19(11)31)20(32)14-13(17(10)28)21(33)16-18(30(4)5)22(34)15(25(29)37)24(36)27(16,38)23(14)35/h7-8,15-16,18,21,23,31-33,35,38H,6,9,28H2,1-5H3,(H2,29,37)/t15?,16-,18+,21+,23?,27+/m1/s1. The molecule has 1 amide bonds. The molecule has 2 aliphatic rings. The molecule has 1 fully saturated rings. The molecule has 0 aromatic heterocycles. The number of aliphatic hydroxyl groups is 3. The number of Topliss-reactive ketones (excluding diaryl/α,β-unsaturated/α-hetero) is 2. The topological polar surface area (TPSA) is 208 Å². The maximum Gasteiger partial charge on any atom is 0.235 e. The third kappa shape index (κ3) is 3.46. The maximum absolute atomic E-state index is 13.4. The van der Waals surface area contributed by atoms with Crippen molar-refractivity contribution in [1.82, 2.24) is 4.90 Å². The van der Waals surface area contributed by atoms with E-state index in [-0.39, 0.29) is 27.8 Å². The Balaban J connectivity index is 2.08. The van der Waals surface area contributed by atoms with Crippen LogP contribution in [0.1, 0.15) is 62.5 Å². The van der Waals surface area contributed by atoms with Gasteiger partial charge in [-0.2, -0.15) is 0 Å². The van der Waals surface area contributed by atoms with Crippen LogP contribution in [0.2, 0.25) is 0 Å². The fourth-order valence-electron chi connectivity index (χ4n) is 6.60. The van der Waals surface area contributed by atoms with Crippen molar-refractivity contribution in [1.29, 1.82) is 0 Å². The third-order valence-electron chi connectivity index (χ3n) is 8.39. The van der Waals surface area contributed by atoms with Crippen LogP contribution in [0.5, 0.6) is 11.5 Å². The van der Waals surface area contributed by atoms with Gasteiger partial charge >= 0.3 is 0 Å². The zero-order valence-electron chi connectivity index (χ0n) is 22.0. The first-order valence-electron chi connectivity index (χ1n) is 12.5. The molecule has 4 rings (SSSR count). The Labute approximate surface area is 219 Å². The molecular weight excluding hydrogens is 494 g/mol. The van der Waals surface area contributed by atoms with Crippen molar-refractivity contribution < 1.29 is 39.9 Å². The number of nitrogens with zero attached hydrogens (tertiary/aromatic N) is 1. The van der Waals surface area contributed by atoms with E-state index < -0.39 is 69.9 Å². The van der Waals surface area contributed by atoms with Crippen LogP contribution >= 0.6 is 0 Å². The summed E-state index contributed by atoms with van der Waals surface area (Å²) in [5.41, 5.74) is 8.15. The van der Waals surface area contributed by atoms with E-state index in [1.54, 1.807) is 12.1 Å². The van der Waals surface area contributed by atoms with E-state index in [0.29, 0.717) is 12.0 Å². The molecule has 0 radical (unpaired) electrons. The molecule has 0 heterocycles. The van der Waals surface area contributed by atoms with Crippen LogP contribution in [0, 0.1) is 11.8 Å². The lowest BCUT2D eigenvalue weighted by Crippen LogP contribution is -2.71. The Morgan fingerprint density at radius 1 is 1.11 bits per heavy atom. The van der Waals surface area contributed by atoms with Crippen LogP contribution < -0.4 is 11.5 Å². The highest BCUT2D eigenvalue weighted by atomic mass is 16.4. The first-order valence-corrected chi connectivity index (χ1v) is 12.5. The summed E-state index contributed by atoms with van der Waals surface area (Å²) >= 11 is 0. The number of fused-ring (bicyclic) bond motifs is 3. The molecule has 2 aromatic carbocycles. The molecule has 11 heteroatoms. The van der Waals surface area contributed by atoms with E-state index in [4.69, 9.17) is 11.5 Å². The Hall–Kier alpha value is -3.25. The number of aliphatic hydroxyl groups excluding tert-OH is 2. The molecule has 1 saturated carbocycles. The van der Waals surface area contributed by atoms with E-state index in [1.807, 2.05) is 20.8 Å². The number of nitrogens with two attached hydrogens (primary N) is 2. The molecule has 0 aliphatic heterocycles. The average molecular weight is 530 g/mol. The molecule has 206 valence electrons. The number of hydrogen-bond acceptors (Lipinski definition) is 10. The van der Waals surface area contributed by atoms with Gasteiger partial charge in [-0.1, -0.05) is 39.3 Å². The predicted octanol–water partition coefficient (Wildman–Crippen LogP) is 0.522. The number of ketones is 2. The number of hydrogen-bond donors (Lipinski definition) is 7. The zero-order valence-corrected chi connectivity index (χ0v) is 22.0. The highest BCUT2D eigenvalue weighted by Crippen LogP contribution is 2.59.